The highest BCUT2D eigenvalue weighted by Gasteiger charge is 2.40. The second kappa shape index (κ2) is 6.66. The molecule has 1 aliphatic carbocycles. The maximum Gasteiger partial charge on any atom is 0.151 e. The molecule has 0 N–H and O–H groups in total. The predicted molar refractivity (Wildman–Crippen MR) is 115 cm³/mol. The SMILES string of the molecule is O=[P@@]([C]1[CH][CH][CH][CH]1)(c1ccccc1)c1cc2ccccc2c2ccccc12. The van der Waals surface area contributed by atoms with Gasteiger partial charge in [0.1, 0.15) is 0 Å². The van der Waals surface area contributed by atoms with Gasteiger partial charge in [0.05, 0.1) is 5.66 Å². The molecule has 5 radical (unpaired) electrons. The summed E-state index contributed by atoms with van der Waals surface area (Å²) < 4.78 is 14.7. The lowest BCUT2D eigenvalue weighted by molar-refractivity contribution is 0.589. The van der Waals surface area contributed by atoms with Crippen LogP contribution in [0, 0.1) is 31.3 Å². The molecule has 1 fully saturated rings. The molecule has 1 aliphatic rings. The lowest BCUT2D eigenvalue weighted by Gasteiger charge is -2.26. The van der Waals surface area contributed by atoms with Gasteiger partial charge in [-0.1, -0.05) is 78.9 Å². The van der Waals surface area contributed by atoms with E-state index in [4.69, 9.17) is 0 Å². The molecule has 0 unspecified atom stereocenters. The zero-order valence-corrected chi connectivity index (χ0v) is 15.6. The standard InChI is InChI=1S/C25H18OP/c26-27(21-13-5-6-14-21,20-11-2-1-3-12-20)25-18-19-10-4-7-15-22(19)23-16-8-9-17-24(23)25/h1-18H/t27-/m1/s1. The van der Waals surface area contributed by atoms with Gasteiger partial charge in [0.15, 0.2) is 7.14 Å². The molecule has 4 aromatic carbocycles. The van der Waals surface area contributed by atoms with Crippen LogP contribution < -0.4 is 10.6 Å². The van der Waals surface area contributed by atoms with Gasteiger partial charge in [-0.15, -0.1) is 0 Å². The molecule has 0 amide bonds. The summed E-state index contributed by atoms with van der Waals surface area (Å²) in [4.78, 5) is 0. The van der Waals surface area contributed by atoms with E-state index in [1.54, 1.807) is 0 Å². The third kappa shape index (κ3) is 2.65. The number of hydrogen-bond acceptors (Lipinski definition) is 1. The molecule has 0 heterocycles. The fraction of sp³-hybridized carbons (Fsp3) is 0. The van der Waals surface area contributed by atoms with E-state index in [0.29, 0.717) is 0 Å². The summed E-state index contributed by atoms with van der Waals surface area (Å²) in [6.45, 7) is 0. The third-order valence-electron chi connectivity index (χ3n) is 5.21. The minimum atomic E-state index is -2.98. The van der Waals surface area contributed by atoms with Crippen LogP contribution in [0.1, 0.15) is 0 Å². The first kappa shape index (κ1) is 16.8. The highest BCUT2D eigenvalue weighted by atomic mass is 31.2. The van der Waals surface area contributed by atoms with E-state index in [-0.39, 0.29) is 0 Å². The Morgan fingerprint density at radius 3 is 1.93 bits per heavy atom. The Morgan fingerprint density at radius 2 is 1.19 bits per heavy atom. The molecule has 0 bridgehead atoms. The van der Waals surface area contributed by atoms with Gasteiger partial charge in [0, 0.05) is 10.6 Å². The van der Waals surface area contributed by atoms with Crippen LogP contribution >= 0.6 is 7.14 Å². The summed E-state index contributed by atoms with van der Waals surface area (Å²) in [7, 11) is -2.98. The number of rotatable bonds is 3. The highest BCUT2D eigenvalue weighted by molar-refractivity contribution is 7.82. The Labute approximate surface area is 160 Å². The summed E-state index contributed by atoms with van der Waals surface area (Å²) >= 11 is 0. The Kier molecular flexibility index (Phi) is 4.14. The molecule has 0 saturated heterocycles. The van der Waals surface area contributed by atoms with E-state index in [1.807, 2.05) is 68.1 Å². The molecule has 0 aromatic heterocycles. The largest absolute Gasteiger partial charge is 0.313 e. The minimum absolute atomic E-state index is 0.872. The van der Waals surface area contributed by atoms with Gasteiger partial charge < -0.3 is 4.57 Å². The van der Waals surface area contributed by atoms with Gasteiger partial charge in [0.2, 0.25) is 0 Å². The molecule has 4 aromatic rings. The van der Waals surface area contributed by atoms with Gasteiger partial charge >= 0.3 is 0 Å². The van der Waals surface area contributed by atoms with Gasteiger partial charge in [-0.25, -0.2) is 0 Å². The summed E-state index contributed by atoms with van der Waals surface area (Å²) in [6, 6.07) is 28.6. The highest BCUT2D eigenvalue weighted by Crippen LogP contribution is 2.60. The van der Waals surface area contributed by atoms with Gasteiger partial charge in [-0.05, 0) is 53.3 Å². The van der Waals surface area contributed by atoms with Crippen LogP contribution in [-0.4, -0.2) is 0 Å². The Morgan fingerprint density at radius 1 is 0.593 bits per heavy atom. The monoisotopic (exact) mass is 365 g/mol. The number of hydrogen-bond donors (Lipinski definition) is 0. The van der Waals surface area contributed by atoms with Crippen molar-refractivity contribution >= 4 is 39.3 Å². The number of fused-ring (bicyclic) bond motifs is 3. The molecular formula is C25H18OP. The quantitative estimate of drug-likeness (QED) is 0.338. The van der Waals surface area contributed by atoms with E-state index in [1.165, 1.54) is 5.39 Å². The molecule has 2 heteroatoms. The van der Waals surface area contributed by atoms with Crippen LogP contribution in [0.5, 0.6) is 0 Å². The van der Waals surface area contributed by atoms with Crippen molar-refractivity contribution in [2.24, 2.45) is 0 Å². The van der Waals surface area contributed by atoms with Crippen molar-refractivity contribution in [1.82, 2.24) is 0 Å². The predicted octanol–water partition coefficient (Wildman–Crippen LogP) is 5.67. The summed E-state index contributed by atoms with van der Waals surface area (Å²) in [5.41, 5.74) is 0.883. The van der Waals surface area contributed by atoms with Crippen LogP contribution in [0.15, 0.2) is 84.9 Å². The van der Waals surface area contributed by atoms with E-state index in [0.717, 1.165) is 32.4 Å². The zero-order valence-electron chi connectivity index (χ0n) is 14.7. The topological polar surface area (TPSA) is 17.1 Å². The van der Waals surface area contributed by atoms with Crippen LogP contribution in [0.2, 0.25) is 0 Å². The fourth-order valence-corrected chi connectivity index (χ4v) is 6.83. The Hall–Kier alpha value is -2.37. The van der Waals surface area contributed by atoms with E-state index >= 15 is 0 Å². The Bertz CT molecular complexity index is 1160. The second-order valence-corrected chi connectivity index (χ2v) is 9.48. The molecule has 5 rings (SSSR count). The van der Waals surface area contributed by atoms with Crippen LogP contribution in [0.3, 0.4) is 0 Å². The van der Waals surface area contributed by atoms with Crippen molar-refractivity contribution < 1.29 is 4.57 Å². The molecule has 129 valence electrons. The van der Waals surface area contributed by atoms with Crippen molar-refractivity contribution in [1.29, 1.82) is 0 Å². The van der Waals surface area contributed by atoms with Crippen molar-refractivity contribution in [2.75, 3.05) is 0 Å². The summed E-state index contributed by atoms with van der Waals surface area (Å²) in [5.74, 6) is 0. The minimum Gasteiger partial charge on any atom is -0.313 e. The summed E-state index contributed by atoms with van der Waals surface area (Å²) in [5, 5.41) is 6.30. The maximum absolute atomic E-state index is 14.7. The number of benzene rings is 4. The average Bonchev–Trinajstić information content (AvgIpc) is 3.29. The lowest BCUT2D eigenvalue weighted by Crippen LogP contribution is -2.21. The van der Waals surface area contributed by atoms with Gasteiger partial charge in [0.25, 0.3) is 0 Å². The first-order valence-electron chi connectivity index (χ1n) is 9.07. The molecule has 0 aliphatic heterocycles. The van der Waals surface area contributed by atoms with Crippen molar-refractivity contribution in [3.8, 4) is 0 Å². The Balaban J connectivity index is 1.89. The summed E-state index contributed by atoms with van der Waals surface area (Å²) in [6.07, 6.45) is 7.90. The van der Waals surface area contributed by atoms with Crippen LogP contribution in [0.4, 0.5) is 0 Å². The van der Waals surface area contributed by atoms with Crippen molar-refractivity contribution in [2.45, 2.75) is 0 Å². The smallest absolute Gasteiger partial charge is 0.151 e. The molecule has 0 spiro atoms. The van der Waals surface area contributed by atoms with Crippen LogP contribution in [0.25, 0.3) is 21.5 Å². The maximum atomic E-state index is 14.7. The third-order valence-corrected chi connectivity index (χ3v) is 8.31. The molecule has 1 saturated carbocycles. The van der Waals surface area contributed by atoms with E-state index < -0.39 is 7.14 Å². The fourth-order valence-electron chi connectivity index (χ4n) is 3.93. The van der Waals surface area contributed by atoms with E-state index in [2.05, 4.69) is 42.5 Å². The van der Waals surface area contributed by atoms with Gasteiger partial charge in [-0.3, -0.25) is 0 Å². The van der Waals surface area contributed by atoms with Crippen molar-refractivity contribution in [3.05, 3.63) is 116 Å². The first-order chi connectivity index (χ1) is 13.3. The lowest BCUT2D eigenvalue weighted by atomic mass is 10.0. The molecule has 1 nitrogen and oxygen atoms in total. The zero-order chi connectivity index (χ0) is 18.3. The van der Waals surface area contributed by atoms with Gasteiger partial charge in [-0.2, -0.15) is 0 Å². The van der Waals surface area contributed by atoms with Crippen LogP contribution in [-0.2, 0) is 4.57 Å². The first-order valence-corrected chi connectivity index (χ1v) is 10.8. The molecule has 1 atom stereocenters. The molecular weight excluding hydrogens is 347 g/mol. The normalized spacial score (nSPS) is 17.3. The van der Waals surface area contributed by atoms with Crippen molar-refractivity contribution in [3.63, 3.8) is 0 Å². The molecule has 27 heavy (non-hydrogen) atoms. The average molecular weight is 365 g/mol. The van der Waals surface area contributed by atoms with E-state index in [9.17, 15) is 4.57 Å². The second-order valence-electron chi connectivity index (χ2n) is 6.75.